The summed E-state index contributed by atoms with van der Waals surface area (Å²) in [5, 5.41) is 7.59. The molecule has 3 N–H and O–H groups in total. The largest absolute Gasteiger partial charge is 0.488 e. The van der Waals surface area contributed by atoms with Gasteiger partial charge in [0.25, 0.3) is 0 Å². The fourth-order valence-corrected chi connectivity index (χ4v) is 2.45. The third kappa shape index (κ3) is 2.99. The molecule has 0 saturated carbocycles. The highest BCUT2D eigenvalue weighted by molar-refractivity contribution is 5.96. The van der Waals surface area contributed by atoms with E-state index in [4.69, 9.17) is 15.9 Å². The molecule has 0 amide bonds. The number of amidine groups is 1. The molecule has 0 aliphatic rings. The van der Waals surface area contributed by atoms with Crippen molar-refractivity contribution in [1.29, 1.82) is 5.41 Å². The Hall–Kier alpha value is -2.29. The maximum Gasteiger partial charge on any atom is 0.125 e. The summed E-state index contributed by atoms with van der Waals surface area (Å²) in [5.74, 6) is 0.982. The Bertz CT molecular complexity index is 624. The topological polar surface area (TPSA) is 59.1 Å². The van der Waals surface area contributed by atoms with Gasteiger partial charge in [-0.05, 0) is 31.9 Å². The second-order valence-electron chi connectivity index (χ2n) is 5.09. The van der Waals surface area contributed by atoms with Gasteiger partial charge in [-0.15, -0.1) is 0 Å². The van der Waals surface area contributed by atoms with Crippen molar-refractivity contribution in [1.82, 2.24) is 0 Å². The fourth-order valence-electron chi connectivity index (χ4n) is 2.45. The lowest BCUT2D eigenvalue weighted by atomic mass is 10.1. The van der Waals surface area contributed by atoms with Crippen LogP contribution < -0.4 is 10.5 Å². The molecular weight excluding hydrogens is 248 g/mol. The summed E-state index contributed by atoms with van der Waals surface area (Å²) in [4.78, 5) is 0. The predicted molar refractivity (Wildman–Crippen MR) is 82.4 cm³/mol. The normalized spacial score (nSPS) is 10.3. The maximum atomic E-state index is 7.59. The molecule has 0 aromatic heterocycles. The van der Waals surface area contributed by atoms with Crippen LogP contribution in [0.15, 0.2) is 36.4 Å². The molecule has 2 aromatic rings. The Morgan fingerprint density at radius 1 is 1.10 bits per heavy atom. The van der Waals surface area contributed by atoms with Crippen LogP contribution >= 0.6 is 0 Å². The molecule has 0 spiro atoms. The molecule has 0 saturated heterocycles. The van der Waals surface area contributed by atoms with E-state index in [0.29, 0.717) is 6.61 Å². The van der Waals surface area contributed by atoms with Crippen LogP contribution in [0.1, 0.15) is 27.8 Å². The SMILES string of the molecule is Cc1cc(C)c(OCc2ccccc2C(=N)N)c(C)c1. The first-order chi connectivity index (χ1) is 9.49. The van der Waals surface area contributed by atoms with Crippen LogP contribution in [0.5, 0.6) is 5.75 Å². The number of nitrogens with one attached hydrogen (secondary N) is 1. The van der Waals surface area contributed by atoms with Crippen molar-refractivity contribution < 1.29 is 4.74 Å². The van der Waals surface area contributed by atoms with Crippen LogP contribution in [0.25, 0.3) is 0 Å². The first kappa shape index (κ1) is 14.1. The quantitative estimate of drug-likeness (QED) is 0.659. The standard InChI is InChI=1S/C17H20N2O/c1-11-8-12(2)16(13(3)9-11)20-10-14-6-4-5-7-15(14)17(18)19/h4-9H,10H2,1-3H3,(H3,18,19). The Morgan fingerprint density at radius 3 is 2.30 bits per heavy atom. The van der Waals surface area contributed by atoms with Crippen molar-refractivity contribution in [2.24, 2.45) is 5.73 Å². The first-order valence-electron chi connectivity index (χ1n) is 6.62. The smallest absolute Gasteiger partial charge is 0.125 e. The summed E-state index contributed by atoms with van der Waals surface area (Å²) in [6.07, 6.45) is 0. The van der Waals surface area contributed by atoms with Gasteiger partial charge in [-0.3, -0.25) is 5.41 Å². The van der Waals surface area contributed by atoms with Crippen LogP contribution in [-0.4, -0.2) is 5.84 Å². The zero-order valence-electron chi connectivity index (χ0n) is 12.2. The molecule has 0 heterocycles. The highest BCUT2D eigenvalue weighted by Gasteiger charge is 2.08. The van der Waals surface area contributed by atoms with Crippen molar-refractivity contribution in [2.75, 3.05) is 0 Å². The van der Waals surface area contributed by atoms with Crippen molar-refractivity contribution in [2.45, 2.75) is 27.4 Å². The number of aryl methyl sites for hydroxylation is 3. The molecule has 0 atom stereocenters. The number of nitrogens with two attached hydrogens (primary N) is 1. The Balaban J connectivity index is 2.24. The Labute approximate surface area is 119 Å². The molecule has 2 rings (SSSR count). The number of hydrogen-bond acceptors (Lipinski definition) is 2. The van der Waals surface area contributed by atoms with Gasteiger partial charge in [0.1, 0.15) is 18.2 Å². The lowest BCUT2D eigenvalue weighted by molar-refractivity contribution is 0.301. The zero-order valence-corrected chi connectivity index (χ0v) is 12.2. The van der Waals surface area contributed by atoms with E-state index in [1.807, 2.05) is 38.1 Å². The van der Waals surface area contributed by atoms with E-state index in [9.17, 15) is 0 Å². The highest BCUT2D eigenvalue weighted by atomic mass is 16.5. The van der Waals surface area contributed by atoms with Crippen molar-refractivity contribution in [3.63, 3.8) is 0 Å². The lowest BCUT2D eigenvalue weighted by Crippen LogP contribution is -2.14. The monoisotopic (exact) mass is 268 g/mol. The average Bonchev–Trinajstić information content (AvgIpc) is 2.37. The first-order valence-corrected chi connectivity index (χ1v) is 6.62. The number of rotatable bonds is 4. The van der Waals surface area contributed by atoms with Gasteiger partial charge in [0.2, 0.25) is 0 Å². The molecule has 104 valence electrons. The number of nitrogen functional groups attached to an aromatic ring is 1. The molecular formula is C17H20N2O. The Kier molecular flexibility index (Phi) is 4.08. The number of ether oxygens (including phenoxy) is 1. The summed E-state index contributed by atoms with van der Waals surface area (Å²) in [6, 6.07) is 11.8. The third-order valence-electron chi connectivity index (χ3n) is 3.28. The second kappa shape index (κ2) is 5.78. The van der Waals surface area contributed by atoms with Gasteiger partial charge < -0.3 is 10.5 Å². The van der Waals surface area contributed by atoms with Gasteiger partial charge in [0.05, 0.1) is 0 Å². The van der Waals surface area contributed by atoms with Gasteiger partial charge in [0, 0.05) is 11.1 Å². The van der Waals surface area contributed by atoms with Crippen LogP contribution in [0.3, 0.4) is 0 Å². The third-order valence-corrected chi connectivity index (χ3v) is 3.28. The Morgan fingerprint density at radius 2 is 1.70 bits per heavy atom. The summed E-state index contributed by atoms with van der Waals surface area (Å²) in [6.45, 7) is 6.59. The predicted octanol–water partition coefficient (Wildman–Crippen LogP) is 3.47. The van der Waals surface area contributed by atoms with Gasteiger partial charge >= 0.3 is 0 Å². The highest BCUT2D eigenvalue weighted by Crippen LogP contribution is 2.25. The van der Waals surface area contributed by atoms with E-state index in [-0.39, 0.29) is 5.84 Å². The number of benzene rings is 2. The van der Waals surface area contributed by atoms with E-state index in [0.717, 1.165) is 28.0 Å². The molecule has 3 nitrogen and oxygen atoms in total. The van der Waals surface area contributed by atoms with Crippen molar-refractivity contribution in [3.8, 4) is 5.75 Å². The molecule has 0 aliphatic heterocycles. The van der Waals surface area contributed by atoms with Gasteiger partial charge in [-0.2, -0.15) is 0 Å². The molecule has 0 bridgehead atoms. The minimum atomic E-state index is 0.0709. The van der Waals surface area contributed by atoms with Crippen LogP contribution in [0.2, 0.25) is 0 Å². The minimum absolute atomic E-state index is 0.0709. The van der Waals surface area contributed by atoms with E-state index < -0.39 is 0 Å². The summed E-state index contributed by atoms with van der Waals surface area (Å²) < 4.78 is 5.95. The molecule has 3 heteroatoms. The van der Waals surface area contributed by atoms with Crippen LogP contribution in [-0.2, 0) is 6.61 Å². The zero-order chi connectivity index (χ0) is 14.7. The van der Waals surface area contributed by atoms with Gasteiger partial charge in [-0.1, -0.05) is 42.0 Å². The maximum absolute atomic E-state index is 7.59. The van der Waals surface area contributed by atoms with Crippen molar-refractivity contribution >= 4 is 5.84 Å². The average molecular weight is 268 g/mol. The van der Waals surface area contributed by atoms with Crippen LogP contribution in [0.4, 0.5) is 0 Å². The fraction of sp³-hybridized carbons (Fsp3) is 0.235. The molecule has 0 radical (unpaired) electrons. The van der Waals surface area contributed by atoms with Gasteiger partial charge in [0.15, 0.2) is 0 Å². The van der Waals surface area contributed by atoms with Crippen molar-refractivity contribution in [3.05, 3.63) is 64.2 Å². The minimum Gasteiger partial charge on any atom is -0.488 e. The summed E-state index contributed by atoms with van der Waals surface area (Å²) in [5.41, 5.74) is 10.7. The molecule has 2 aromatic carbocycles. The summed E-state index contributed by atoms with van der Waals surface area (Å²) >= 11 is 0. The van der Waals surface area contributed by atoms with E-state index in [1.54, 1.807) is 0 Å². The number of hydrogen-bond donors (Lipinski definition) is 2. The molecule has 0 unspecified atom stereocenters. The van der Waals surface area contributed by atoms with E-state index in [2.05, 4.69) is 19.1 Å². The summed E-state index contributed by atoms with van der Waals surface area (Å²) in [7, 11) is 0. The second-order valence-corrected chi connectivity index (χ2v) is 5.09. The van der Waals surface area contributed by atoms with Crippen LogP contribution in [0, 0.1) is 26.2 Å². The molecule has 0 aliphatic carbocycles. The van der Waals surface area contributed by atoms with E-state index >= 15 is 0 Å². The van der Waals surface area contributed by atoms with E-state index in [1.165, 1.54) is 5.56 Å². The molecule has 0 fully saturated rings. The van der Waals surface area contributed by atoms with Gasteiger partial charge in [-0.25, -0.2) is 0 Å². The molecule has 20 heavy (non-hydrogen) atoms. The lowest BCUT2D eigenvalue weighted by Gasteiger charge is -2.14.